The number of carboxylic acids is 1. The molecule has 4 heteroatoms. The predicted molar refractivity (Wildman–Crippen MR) is 78.8 cm³/mol. The second kappa shape index (κ2) is 5.76. The van der Waals surface area contributed by atoms with Crippen LogP contribution in [0.2, 0.25) is 0 Å². The van der Waals surface area contributed by atoms with Crippen LogP contribution in [0.4, 0.5) is 4.39 Å². The Balaban J connectivity index is 1.66. The average molecular weight is 291 g/mol. The molecule has 1 aromatic rings. The molecule has 0 amide bonds. The Morgan fingerprint density at radius 1 is 1.24 bits per heavy atom. The van der Waals surface area contributed by atoms with E-state index in [2.05, 4.69) is 4.90 Å². The molecule has 3 nitrogen and oxygen atoms in total. The van der Waals surface area contributed by atoms with E-state index in [-0.39, 0.29) is 5.56 Å². The smallest absolute Gasteiger partial charge is 0.335 e. The highest BCUT2D eigenvalue weighted by Gasteiger charge is 2.38. The van der Waals surface area contributed by atoms with Gasteiger partial charge in [-0.1, -0.05) is 25.3 Å². The van der Waals surface area contributed by atoms with Gasteiger partial charge in [0, 0.05) is 18.7 Å². The third-order valence-electron chi connectivity index (χ3n) is 5.13. The number of aromatic carboxylic acids is 1. The van der Waals surface area contributed by atoms with Crippen LogP contribution in [0.1, 0.15) is 54.4 Å². The molecule has 1 aromatic carbocycles. The molecule has 2 fully saturated rings. The molecule has 3 rings (SSSR count). The Morgan fingerprint density at radius 3 is 2.67 bits per heavy atom. The van der Waals surface area contributed by atoms with Gasteiger partial charge < -0.3 is 5.11 Å². The lowest BCUT2D eigenvalue weighted by Crippen LogP contribution is -2.29. The molecule has 2 aliphatic rings. The van der Waals surface area contributed by atoms with E-state index in [1.165, 1.54) is 44.6 Å². The van der Waals surface area contributed by atoms with Crippen LogP contribution < -0.4 is 0 Å². The molecule has 0 unspecified atom stereocenters. The van der Waals surface area contributed by atoms with Crippen molar-refractivity contribution in [3.05, 3.63) is 35.1 Å². The van der Waals surface area contributed by atoms with E-state index in [1.54, 1.807) is 6.07 Å². The van der Waals surface area contributed by atoms with E-state index in [4.69, 9.17) is 5.11 Å². The lowest BCUT2D eigenvalue weighted by molar-refractivity contribution is 0.0696. The van der Waals surface area contributed by atoms with Crippen LogP contribution >= 0.6 is 0 Å². The van der Waals surface area contributed by atoms with Crippen LogP contribution in [-0.4, -0.2) is 29.1 Å². The minimum atomic E-state index is -1.08. The number of hydrogen-bond acceptors (Lipinski definition) is 2. The SMILES string of the molecule is O=C(O)c1ccc(CN2CCC3(CCCCC3)C2)c(F)c1. The molecule has 21 heavy (non-hydrogen) atoms. The molecule has 0 radical (unpaired) electrons. The van der Waals surface area contributed by atoms with Gasteiger partial charge in [0.1, 0.15) is 5.82 Å². The van der Waals surface area contributed by atoms with Crippen molar-refractivity contribution < 1.29 is 14.3 Å². The third kappa shape index (κ3) is 3.10. The standard InChI is InChI=1S/C17H22FNO2/c18-15-10-13(16(20)21)4-5-14(15)11-19-9-8-17(12-19)6-2-1-3-7-17/h4-5,10H,1-3,6-9,11-12H2,(H,20,21). The van der Waals surface area contributed by atoms with E-state index in [0.717, 1.165) is 19.2 Å². The Bertz CT molecular complexity index is 538. The van der Waals surface area contributed by atoms with E-state index in [1.807, 2.05) is 0 Å². The lowest BCUT2D eigenvalue weighted by atomic mass is 9.73. The Labute approximate surface area is 124 Å². The van der Waals surface area contributed by atoms with Crippen LogP contribution in [0.15, 0.2) is 18.2 Å². The monoisotopic (exact) mass is 291 g/mol. The highest BCUT2D eigenvalue weighted by Crippen LogP contribution is 2.44. The molecule has 114 valence electrons. The van der Waals surface area contributed by atoms with Crippen molar-refractivity contribution in [2.75, 3.05) is 13.1 Å². The molecule has 0 aromatic heterocycles. The van der Waals surface area contributed by atoms with Gasteiger partial charge in [-0.25, -0.2) is 9.18 Å². The van der Waals surface area contributed by atoms with Crippen LogP contribution in [0, 0.1) is 11.2 Å². The van der Waals surface area contributed by atoms with Gasteiger partial charge in [-0.15, -0.1) is 0 Å². The number of hydrogen-bond donors (Lipinski definition) is 1. The second-order valence-electron chi connectivity index (χ2n) is 6.63. The van der Waals surface area contributed by atoms with Crippen molar-refractivity contribution in [3.63, 3.8) is 0 Å². The molecule has 1 saturated carbocycles. The summed E-state index contributed by atoms with van der Waals surface area (Å²) in [7, 11) is 0. The molecular formula is C17H22FNO2. The quantitative estimate of drug-likeness (QED) is 0.923. The zero-order valence-corrected chi connectivity index (χ0v) is 12.3. The zero-order valence-electron chi connectivity index (χ0n) is 12.3. The number of nitrogens with zero attached hydrogens (tertiary/aromatic N) is 1. The zero-order chi connectivity index (χ0) is 14.9. The predicted octanol–water partition coefficient (Wildman–Crippen LogP) is 3.68. The fourth-order valence-electron chi connectivity index (χ4n) is 3.92. The first-order valence-electron chi connectivity index (χ1n) is 7.82. The van der Waals surface area contributed by atoms with Gasteiger partial charge in [-0.2, -0.15) is 0 Å². The lowest BCUT2D eigenvalue weighted by Gasteiger charge is -2.33. The van der Waals surface area contributed by atoms with E-state index >= 15 is 0 Å². The fourth-order valence-corrected chi connectivity index (χ4v) is 3.92. The first-order valence-corrected chi connectivity index (χ1v) is 7.82. The van der Waals surface area contributed by atoms with Crippen LogP contribution in [0.3, 0.4) is 0 Å². The van der Waals surface area contributed by atoms with E-state index in [9.17, 15) is 9.18 Å². The van der Waals surface area contributed by atoms with Gasteiger partial charge in [0.25, 0.3) is 0 Å². The maximum atomic E-state index is 14.0. The Kier molecular flexibility index (Phi) is 3.98. The summed E-state index contributed by atoms with van der Waals surface area (Å²) < 4.78 is 14.0. The van der Waals surface area contributed by atoms with Gasteiger partial charge in [0.15, 0.2) is 0 Å². The summed E-state index contributed by atoms with van der Waals surface area (Å²) in [6.07, 6.45) is 7.85. The maximum Gasteiger partial charge on any atom is 0.335 e. The van der Waals surface area contributed by atoms with E-state index in [0.29, 0.717) is 17.5 Å². The fraction of sp³-hybridized carbons (Fsp3) is 0.588. The molecule has 1 aliphatic carbocycles. The Morgan fingerprint density at radius 2 is 2.00 bits per heavy atom. The summed E-state index contributed by atoms with van der Waals surface area (Å²) >= 11 is 0. The molecule has 1 aliphatic heterocycles. The van der Waals surface area contributed by atoms with Crippen molar-refractivity contribution in [3.8, 4) is 0 Å². The van der Waals surface area contributed by atoms with Gasteiger partial charge in [0.2, 0.25) is 0 Å². The number of likely N-dealkylation sites (tertiary alicyclic amines) is 1. The molecule has 1 saturated heterocycles. The minimum Gasteiger partial charge on any atom is -0.478 e. The number of carbonyl (C=O) groups is 1. The second-order valence-corrected chi connectivity index (χ2v) is 6.63. The van der Waals surface area contributed by atoms with E-state index < -0.39 is 11.8 Å². The molecule has 1 heterocycles. The van der Waals surface area contributed by atoms with Crippen molar-refractivity contribution in [2.45, 2.75) is 45.1 Å². The number of benzene rings is 1. The topological polar surface area (TPSA) is 40.5 Å². The molecule has 1 N–H and O–H groups in total. The third-order valence-corrected chi connectivity index (χ3v) is 5.13. The normalized spacial score (nSPS) is 21.8. The van der Waals surface area contributed by atoms with Gasteiger partial charge >= 0.3 is 5.97 Å². The van der Waals surface area contributed by atoms with Gasteiger partial charge in [-0.05, 0) is 43.4 Å². The summed E-state index contributed by atoms with van der Waals surface area (Å²) in [5.74, 6) is -1.48. The summed E-state index contributed by atoms with van der Waals surface area (Å²) in [6.45, 7) is 2.68. The Hall–Kier alpha value is -1.42. The highest BCUT2D eigenvalue weighted by molar-refractivity contribution is 5.87. The average Bonchev–Trinajstić information content (AvgIpc) is 2.84. The largest absolute Gasteiger partial charge is 0.478 e. The molecular weight excluding hydrogens is 269 g/mol. The van der Waals surface area contributed by atoms with Crippen molar-refractivity contribution in [2.24, 2.45) is 5.41 Å². The summed E-state index contributed by atoms with van der Waals surface area (Å²) in [5.41, 5.74) is 1.09. The summed E-state index contributed by atoms with van der Waals surface area (Å²) in [6, 6.07) is 4.24. The number of carboxylic acid groups (broad SMARTS) is 1. The van der Waals surface area contributed by atoms with Gasteiger partial charge in [0.05, 0.1) is 5.56 Å². The highest BCUT2D eigenvalue weighted by atomic mass is 19.1. The van der Waals surface area contributed by atoms with Crippen LogP contribution in [-0.2, 0) is 6.54 Å². The van der Waals surface area contributed by atoms with Crippen LogP contribution in [0.5, 0.6) is 0 Å². The number of rotatable bonds is 3. The summed E-state index contributed by atoms with van der Waals surface area (Å²) in [4.78, 5) is 13.2. The molecule has 1 spiro atoms. The minimum absolute atomic E-state index is 0.0152. The first-order chi connectivity index (χ1) is 10.1. The van der Waals surface area contributed by atoms with Crippen molar-refractivity contribution >= 4 is 5.97 Å². The summed E-state index contributed by atoms with van der Waals surface area (Å²) in [5, 5.41) is 8.87. The van der Waals surface area contributed by atoms with Crippen molar-refractivity contribution in [1.82, 2.24) is 4.90 Å². The van der Waals surface area contributed by atoms with Crippen LogP contribution in [0.25, 0.3) is 0 Å². The maximum absolute atomic E-state index is 14.0. The molecule has 0 bridgehead atoms. The number of halogens is 1. The van der Waals surface area contributed by atoms with Crippen molar-refractivity contribution in [1.29, 1.82) is 0 Å². The first kappa shape index (κ1) is 14.5. The molecule has 0 atom stereocenters. The van der Waals surface area contributed by atoms with Gasteiger partial charge in [-0.3, -0.25) is 4.90 Å².